The zero-order chi connectivity index (χ0) is 18.4. The Morgan fingerprint density at radius 1 is 1.12 bits per heavy atom. The van der Waals surface area contributed by atoms with Crippen molar-refractivity contribution >= 4 is 23.7 Å². The molecule has 0 aliphatic heterocycles. The van der Waals surface area contributed by atoms with E-state index >= 15 is 0 Å². The molecule has 25 heavy (non-hydrogen) atoms. The van der Waals surface area contributed by atoms with Crippen LogP contribution in [0.2, 0.25) is 0 Å². The summed E-state index contributed by atoms with van der Waals surface area (Å²) in [6, 6.07) is 7.84. The van der Waals surface area contributed by atoms with Gasteiger partial charge in [-0.1, -0.05) is 0 Å². The van der Waals surface area contributed by atoms with Gasteiger partial charge in [0.2, 0.25) is 0 Å². The number of rotatable bonds is 6. The molecule has 0 spiro atoms. The SMILES string of the molecule is COC(=O)CSc1cc(=O)n(-c2ccc(OC)cc2)nc1C(=O)OC. The van der Waals surface area contributed by atoms with Crippen LogP contribution in [0.4, 0.5) is 0 Å². The van der Waals surface area contributed by atoms with Gasteiger partial charge in [0.05, 0.1) is 32.8 Å². The molecule has 1 aromatic carbocycles. The van der Waals surface area contributed by atoms with Crippen LogP contribution in [0.25, 0.3) is 5.69 Å². The summed E-state index contributed by atoms with van der Waals surface area (Å²) >= 11 is 0.976. The van der Waals surface area contributed by atoms with E-state index in [1.807, 2.05) is 0 Å². The number of nitrogens with zero attached hydrogens (tertiary/aromatic N) is 2. The molecule has 0 radical (unpaired) electrons. The number of thioether (sulfide) groups is 1. The smallest absolute Gasteiger partial charge is 0.359 e. The van der Waals surface area contributed by atoms with Crippen molar-refractivity contribution in [2.75, 3.05) is 27.1 Å². The molecule has 0 saturated carbocycles. The van der Waals surface area contributed by atoms with Crippen molar-refractivity contribution in [1.82, 2.24) is 9.78 Å². The molecule has 2 rings (SSSR count). The molecule has 132 valence electrons. The highest BCUT2D eigenvalue weighted by Crippen LogP contribution is 2.21. The van der Waals surface area contributed by atoms with Crippen LogP contribution in [0.15, 0.2) is 40.0 Å². The Bertz CT molecular complexity index is 832. The lowest BCUT2D eigenvalue weighted by Crippen LogP contribution is -2.24. The van der Waals surface area contributed by atoms with Crippen molar-refractivity contribution in [2.45, 2.75) is 4.90 Å². The lowest BCUT2D eigenvalue weighted by atomic mass is 10.3. The minimum Gasteiger partial charge on any atom is -0.497 e. The van der Waals surface area contributed by atoms with E-state index in [9.17, 15) is 14.4 Å². The third-order valence-electron chi connectivity index (χ3n) is 3.17. The van der Waals surface area contributed by atoms with Gasteiger partial charge < -0.3 is 14.2 Å². The Kier molecular flexibility index (Phi) is 6.18. The first-order valence-electron chi connectivity index (χ1n) is 7.07. The largest absolute Gasteiger partial charge is 0.497 e. The van der Waals surface area contributed by atoms with Crippen molar-refractivity contribution in [3.05, 3.63) is 46.4 Å². The lowest BCUT2D eigenvalue weighted by Gasteiger charge is -2.10. The predicted molar refractivity (Wildman–Crippen MR) is 90.5 cm³/mol. The second-order valence-corrected chi connectivity index (χ2v) is 5.68. The number of hydrogen-bond donors (Lipinski definition) is 0. The van der Waals surface area contributed by atoms with E-state index in [1.54, 1.807) is 24.3 Å². The maximum Gasteiger partial charge on any atom is 0.359 e. The number of esters is 2. The Hall–Kier alpha value is -2.81. The molecular formula is C16H16N2O6S. The molecule has 0 fully saturated rings. The van der Waals surface area contributed by atoms with Gasteiger partial charge in [-0.2, -0.15) is 9.78 Å². The Morgan fingerprint density at radius 2 is 1.80 bits per heavy atom. The molecule has 0 bridgehead atoms. The van der Waals surface area contributed by atoms with Crippen molar-refractivity contribution in [3.63, 3.8) is 0 Å². The molecule has 0 atom stereocenters. The van der Waals surface area contributed by atoms with Crippen LogP contribution >= 0.6 is 11.8 Å². The molecule has 0 unspecified atom stereocenters. The van der Waals surface area contributed by atoms with Crippen molar-refractivity contribution < 1.29 is 23.8 Å². The summed E-state index contributed by atoms with van der Waals surface area (Å²) in [5.74, 6) is -0.640. The van der Waals surface area contributed by atoms with Crippen molar-refractivity contribution in [1.29, 1.82) is 0 Å². The van der Waals surface area contributed by atoms with Gasteiger partial charge in [-0.25, -0.2) is 4.79 Å². The van der Waals surface area contributed by atoms with Crippen LogP contribution < -0.4 is 10.3 Å². The van der Waals surface area contributed by atoms with Crippen LogP contribution in [0.3, 0.4) is 0 Å². The fourth-order valence-corrected chi connectivity index (χ4v) is 2.73. The third kappa shape index (κ3) is 4.38. The number of methoxy groups -OCH3 is 3. The van der Waals surface area contributed by atoms with Gasteiger partial charge in [0.15, 0.2) is 5.69 Å². The highest BCUT2D eigenvalue weighted by molar-refractivity contribution is 8.00. The van der Waals surface area contributed by atoms with Gasteiger partial charge in [-0.05, 0) is 24.3 Å². The van der Waals surface area contributed by atoms with Crippen LogP contribution in [-0.2, 0) is 14.3 Å². The van der Waals surface area contributed by atoms with Crippen LogP contribution in [0, 0.1) is 0 Å². The van der Waals surface area contributed by atoms with Crippen LogP contribution in [0.1, 0.15) is 10.5 Å². The number of ether oxygens (including phenoxy) is 3. The normalized spacial score (nSPS) is 10.2. The van der Waals surface area contributed by atoms with Crippen molar-refractivity contribution in [3.8, 4) is 11.4 Å². The van der Waals surface area contributed by atoms with Gasteiger partial charge in [0.1, 0.15) is 5.75 Å². The number of benzene rings is 1. The molecule has 0 amide bonds. The van der Waals surface area contributed by atoms with Crippen LogP contribution in [-0.4, -0.2) is 48.8 Å². The standard InChI is InChI=1S/C16H16N2O6S/c1-22-11-6-4-10(5-7-11)18-13(19)8-12(25-9-14(20)23-2)15(17-18)16(21)24-3/h4-8H,9H2,1-3H3. The van der Waals surface area contributed by atoms with Gasteiger partial charge >= 0.3 is 11.9 Å². The summed E-state index contributed by atoms with van der Waals surface area (Å²) < 4.78 is 15.4. The maximum atomic E-state index is 12.4. The fourth-order valence-electron chi connectivity index (χ4n) is 1.89. The summed E-state index contributed by atoms with van der Waals surface area (Å²) in [5.41, 5.74) is -0.0579. The fraction of sp³-hybridized carbons (Fsp3) is 0.250. The molecule has 0 saturated heterocycles. The molecule has 2 aromatic rings. The molecule has 0 aliphatic rings. The van der Waals surface area contributed by atoms with Crippen LogP contribution in [0.5, 0.6) is 5.75 Å². The third-order valence-corrected chi connectivity index (χ3v) is 4.17. The molecule has 1 heterocycles. The maximum absolute atomic E-state index is 12.4. The first-order chi connectivity index (χ1) is 12.0. The van der Waals surface area contributed by atoms with E-state index < -0.39 is 17.5 Å². The van der Waals surface area contributed by atoms with Gasteiger partial charge in [0, 0.05) is 11.0 Å². The number of hydrogen-bond acceptors (Lipinski definition) is 8. The molecule has 9 heteroatoms. The minimum absolute atomic E-state index is 0.0613. The molecule has 1 aromatic heterocycles. The summed E-state index contributed by atoms with van der Waals surface area (Å²) in [6.45, 7) is 0. The van der Waals surface area contributed by atoms with E-state index in [-0.39, 0.29) is 16.3 Å². The zero-order valence-electron chi connectivity index (χ0n) is 13.8. The first-order valence-corrected chi connectivity index (χ1v) is 8.05. The second-order valence-electron chi connectivity index (χ2n) is 4.66. The highest BCUT2D eigenvalue weighted by atomic mass is 32.2. The Balaban J connectivity index is 2.46. The van der Waals surface area contributed by atoms with Gasteiger partial charge in [-0.15, -0.1) is 11.8 Å². The molecule has 8 nitrogen and oxygen atoms in total. The molecular weight excluding hydrogens is 348 g/mol. The average molecular weight is 364 g/mol. The zero-order valence-corrected chi connectivity index (χ0v) is 14.7. The summed E-state index contributed by atoms with van der Waals surface area (Å²) in [6.07, 6.45) is 0. The second kappa shape index (κ2) is 8.34. The van der Waals surface area contributed by atoms with Crippen molar-refractivity contribution in [2.24, 2.45) is 0 Å². The summed E-state index contributed by atoms with van der Waals surface area (Å²) in [7, 11) is 3.99. The Morgan fingerprint density at radius 3 is 2.36 bits per heavy atom. The van der Waals surface area contributed by atoms with E-state index in [4.69, 9.17) is 9.47 Å². The van der Waals surface area contributed by atoms with E-state index in [2.05, 4.69) is 9.84 Å². The summed E-state index contributed by atoms with van der Waals surface area (Å²) in [5, 5.41) is 4.09. The van der Waals surface area contributed by atoms with E-state index in [1.165, 1.54) is 27.4 Å². The quantitative estimate of drug-likeness (QED) is 0.559. The van der Waals surface area contributed by atoms with Gasteiger partial charge in [0.25, 0.3) is 5.56 Å². The van der Waals surface area contributed by atoms with E-state index in [0.29, 0.717) is 11.4 Å². The topological polar surface area (TPSA) is 96.7 Å². The Labute approximate surface area is 147 Å². The molecule has 0 aliphatic carbocycles. The lowest BCUT2D eigenvalue weighted by molar-refractivity contribution is -0.137. The number of carbonyl (C=O) groups excluding carboxylic acids is 2. The number of carbonyl (C=O) groups is 2. The molecule has 0 N–H and O–H groups in total. The van der Waals surface area contributed by atoms with E-state index in [0.717, 1.165) is 16.4 Å². The average Bonchev–Trinajstić information content (AvgIpc) is 2.65. The monoisotopic (exact) mass is 364 g/mol. The highest BCUT2D eigenvalue weighted by Gasteiger charge is 2.19. The number of aromatic nitrogens is 2. The predicted octanol–water partition coefficient (Wildman–Crippen LogP) is 1.29. The first kappa shape index (κ1) is 18.5. The summed E-state index contributed by atoms with van der Waals surface area (Å²) in [4.78, 5) is 35.9. The van der Waals surface area contributed by atoms with Gasteiger partial charge in [-0.3, -0.25) is 9.59 Å². The minimum atomic E-state index is -0.713.